The van der Waals surface area contributed by atoms with E-state index in [1.54, 1.807) is 12.1 Å². The maximum Gasteiger partial charge on any atom is 0.271 e. The molecule has 1 aromatic rings. The van der Waals surface area contributed by atoms with Crippen molar-refractivity contribution in [3.8, 4) is 0 Å². The van der Waals surface area contributed by atoms with Gasteiger partial charge in [-0.3, -0.25) is 4.79 Å². The number of carbonyl (C=O) groups excluding carboxylic acids is 1. The summed E-state index contributed by atoms with van der Waals surface area (Å²) in [6, 6.07) is 3.12. The smallest absolute Gasteiger partial charge is 0.271 e. The zero-order valence-electron chi connectivity index (χ0n) is 9.53. The molecule has 16 heavy (non-hydrogen) atoms. The van der Waals surface area contributed by atoms with E-state index in [9.17, 15) is 4.79 Å². The Morgan fingerprint density at radius 3 is 2.75 bits per heavy atom. The van der Waals surface area contributed by atoms with Crippen molar-refractivity contribution in [2.45, 2.75) is 26.7 Å². The number of aromatic nitrogens is 2. The molecule has 0 aliphatic heterocycles. The van der Waals surface area contributed by atoms with Crippen LogP contribution >= 0.6 is 11.6 Å². The van der Waals surface area contributed by atoms with Crippen LogP contribution in [0, 0.1) is 5.92 Å². The van der Waals surface area contributed by atoms with Gasteiger partial charge in [0.25, 0.3) is 5.91 Å². The molecule has 0 aliphatic carbocycles. The van der Waals surface area contributed by atoms with Crippen molar-refractivity contribution in [2.24, 2.45) is 5.92 Å². The first kappa shape index (κ1) is 12.9. The molecule has 0 fully saturated rings. The highest BCUT2D eigenvalue weighted by molar-refractivity contribution is 6.29. The quantitative estimate of drug-likeness (QED) is 0.805. The normalized spacial score (nSPS) is 10.5. The van der Waals surface area contributed by atoms with Gasteiger partial charge in [0.15, 0.2) is 10.8 Å². The molecule has 0 saturated carbocycles. The molecule has 0 atom stereocenters. The molecule has 0 radical (unpaired) electrons. The SMILES string of the molecule is CC(C)CCCNC(=O)c1ccc(Cl)nn1. The van der Waals surface area contributed by atoms with E-state index in [1.807, 2.05) is 0 Å². The maximum atomic E-state index is 11.5. The lowest BCUT2D eigenvalue weighted by atomic mass is 10.1. The van der Waals surface area contributed by atoms with E-state index in [0.717, 1.165) is 12.8 Å². The van der Waals surface area contributed by atoms with E-state index in [4.69, 9.17) is 11.6 Å². The van der Waals surface area contributed by atoms with E-state index in [1.165, 1.54) is 0 Å². The molecular formula is C11H16ClN3O. The zero-order valence-corrected chi connectivity index (χ0v) is 10.3. The molecule has 1 heterocycles. The summed E-state index contributed by atoms with van der Waals surface area (Å²) in [5, 5.41) is 10.4. The minimum absolute atomic E-state index is 0.201. The van der Waals surface area contributed by atoms with Crippen LogP contribution in [-0.2, 0) is 0 Å². The fraction of sp³-hybridized carbons (Fsp3) is 0.545. The lowest BCUT2D eigenvalue weighted by Gasteiger charge is -2.05. The van der Waals surface area contributed by atoms with Crippen molar-refractivity contribution < 1.29 is 4.79 Å². The van der Waals surface area contributed by atoms with Gasteiger partial charge in [-0.25, -0.2) is 0 Å². The maximum absolute atomic E-state index is 11.5. The summed E-state index contributed by atoms with van der Waals surface area (Å²) in [6.45, 7) is 4.99. The van der Waals surface area contributed by atoms with Crippen molar-refractivity contribution in [3.05, 3.63) is 23.0 Å². The molecule has 0 aromatic carbocycles. The van der Waals surface area contributed by atoms with Crippen LogP contribution in [0.1, 0.15) is 37.2 Å². The van der Waals surface area contributed by atoms with Crippen LogP contribution in [0.15, 0.2) is 12.1 Å². The van der Waals surface area contributed by atoms with Crippen molar-refractivity contribution in [3.63, 3.8) is 0 Å². The Balaban J connectivity index is 2.32. The highest BCUT2D eigenvalue weighted by Gasteiger charge is 2.06. The van der Waals surface area contributed by atoms with Crippen LogP contribution in [0.3, 0.4) is 0 Å². The number of nitrogens with zero attached hydrogens (tertiary/aromatic N) is 2. The third-order valence-electron chi connectivity index (χ3n) is 2.11. The Morgan fingerprint density at radius 2 is 2.19 bits per heavy atom. The predicted molar refractivity (Wildman–Crippen MR) is 63.4 cm³/mol. The first-order chi connectivity index (χ1) is 7.59. The number of nitrogens with one attached hydrogen (secondary N) is 1. The summed E-state index contributed by atoms with van der Waals surface area (Å²) in [6.07, 6.45) is 2.08. The Kier molecular flexibility index (Phi) is 5.19. The van der Waals surface area contributed by atoms with Crippen LogP contribution in [-0.4, -0.2) is 22.6 Å². The average molecular weight is 242 g/mol. The number of carbonyl (C=O) groups is 1. The Morgan fingerprint density at radius 1 is 1.44 bits per heavy atom. The number of amides is 1. The third-order valence-corrected chi connectivity index (χ3v) is 2.31. The number of hydrogen-bond donors (Lipinski definition) is 1. The van der Waals surface area contributed by atoms with Crippen LogP contribution in [0.5, 0.6) is 0 Å². The minimum atomic E-state index is -0.201. The minimum Gasteiger partial charge on any atom is -0.351 e. The molecule has 4 nitrogen and oxygen atoms in total. The third kappa shape index (κ3) is 4.57. The second kappa shape index (κ2) is 6.43. The number of halogens is 1. The molecule has 0 aliphatic rings. The molecule has 1 N–H and O–H groups in total. The van der Waals surface area contributed by atoms with Crippen LogP contribution in [0.25, 0.3) is 0 Å². The summed E-state index contributed by atoms with van der Waals surface area (Å²) in [5.74, 6) is 0.458. The standard InChI is InChI=1S/C11H16ClN3O/c1-8(2)4-3-7-13-11(16)9-5-6-10(12)15-14-9/h5-6,8H,3-4,7H2,1-2H3,(H,13,16). The van der Waals surface area contributed by atoms with Gasteiger partial charge in [0.1, 0.15) is 0 Å². The van der Waals surface area contributed by atoms with Gasteiger partial charge in [0.05, 0.1) is 0 Å². The van der Waals surface area contributed by atoms with Gasteiger partial charge in [-0.2, -0.15) is 0 Å². The van der Waals surface area contributed by atoms with Crippen LogP contribution in [0.2, 0.25) is 5.15 Å². The van der Waals surface area contributed by atoms with Gasteiger partial charge in [-0.05, 0) is 30.9 Å². The predicted octanol–water partition coefficient (Wildman–Crippen LogP) is 2.30. The lowest BCUT2D eigenvalue weighted by Crippen LogP contribution is -2.25. The van der Waals surface area contributed by atoms with E-state index >= 15 is 0 Å². The molecule has 0 bridgehead atoms. The molecule has 0 spiro atoms. The van der Waals surface area contributed by atoms with Gasteiger partial charge in [-0.15, -0.1) is 10.2 Å². The van der Waals surface area contributed by atoms with E-state index < -0.39 is 0 Å². The Hall–Kier alpha value is -1.16. The molecule has 0 saturated heterocycles. The monoisotopic (exact) mass is 241 g/mol. The van der Waals surface area contributed by atoms with E-state index in [-0.39, 0.29) is 11.1 Å². The van der Waals surface area contributed by atoms with E-state index in [0.29, 0.717) is 18.2 Å². The van der Waals surface area contributed by atoms with E-state index in [2.05, 4.69) is 29.4 Å². The average Bonchev–Trinajstić information content (AvgIpc) is 2.25. The first-order valence-corrected chi connectivity index (χ1v) is 5.75. The van der Waals surface area contributed by atoms with Gasteiger partial charge in [0, 0.05) is 6.54 Å². The van der Waals surface area contributed by atoms with Gasteiger partial charge < -0.3 is 5.32 Å². The fourth-order valence-corrected chi connectivity index (χ4v) is 1.34. The summed E-state index contributed by atoms with van der Waals surface area (Å²) in [5.41, 5.74) is 0.300. The van der Waals surface area contributed by atoms with Crippen molar-refractivity contribution >= 4 is 17.5 Å². The highest BCUT2D eigenvalue weighted by Crippen LogP contribution is 2.03. The lowest BCUT2D eigenvalue weighted by molar-refractivity contribution is 0.0946. The zero-order chi connectivity index (χ0) is 12.0. The Bertz CT molecular complexity index is 338. The second-order valence-electron chi connectivity index (χ2n) is 4.03. The van der Waals surface area contributed by atoms with Crippen LogP contribution in [0.4, 0.5) is 0 Å². The summed E-state index contributed by atoms with van der Waals surface area (Å²) in [4.78, 5) is 11.5. The molecule has 1 rings (SSSR count). The topological polar surface area (TPSA) is 54.9 Å². The second-order valence-corrected chi connectivity index (χ2v) is 4.42. The summed E-state index contributed by atoms with van der Waals surface area (Å²) in [7, 11) is 0. The molecule has 1 aromatic heterocycles. The number of hydrogen-bond acceptors (Lipinski definition) is 3. The van der Waals surface area contributed by atoms with Gasteiger partial charge in [-0.1, -0.05) is 25.4 Å². The molecule has 0 unspecified atom stereocenters. The molecule has 88 valence electrons. The molecule has 1 amide bonds. The van der Waals surface area contributed by atoms with Gasteiger partial charge >= 0.3 is 0 Å². The van der Waals surface area contributed by atoms with Crippen LogP contribution < -0.4 is 5.32 Å². The first-order valence-electron chi connectivity index (χ1n) is 5.37. The van der Waals surface area contributed by atoms with Crippen molar-refractivity contribution in [1.29, 1.82) is 0 Å². The van der Waals surface area contributed by atoms with Crippen molar-refractivity contribution in [1.82, 2.24) is 15.5 Å². The largest absolute Gasteiger partial charge is 0.351 e. The highest BCUT2D eigenvalue weighted by atomic mass is 35.5. The Labute approximate surface area is 100 Å². The summed E-state index contributed by atoms with van der Waals surface area (Å²) >= 11 is 5.57. The molecular weight excluding hydrogens is 226 g/mol. The summed E-state index contributed by atoms with van der Waals surface area (Å²) < 4.78 is 0. The van der Waals surface area contributed by atoms with Gasteiger partial charge in [0.2, 0.25) is 0 Å². The fourth-order valence-electron chi connectivity index (χ4n) is 1.24. The number of rotatable bonds is 5. The molecule has 5 heteroatoms. The van der Waals surface area contributed by atoms with Crippen molar-refractivity contribution in [2.75, 3.05) is 6.54 Å².